The first kappa shape index (κ1) is 11.1. The second-order valence-electron chi connectivity index (χ2n) is 3.47. The minimum Gasteiger partial charge on any atom is -0.447 e. The van der Waals surface area contributed by atoms with Crippen LogP contribution in [0.3, 0.4) is 0 Å². The summed E-state index contributed by atoms with van der Waals surface area (Å²) in [5.41, 5.74) is 0.832. The van der Waals surface area contributed by atoms with Crippen molar-refractivity contribution in [1.82, 2.24) is 4.90 Å². The van der Waals surface area contributed by atoms with Gasteiger partial charge in [0.05, 0.1) is 11.5 Å². The van der Waals surface area contributed by atoms with Crippen LogP contribution >= 0.6 is 0 Å². The molecule has 1 fully saturated rings. The SMILES string of the molecule is O=C1OCCN1/C=C\c1ccc([N+](=O)[O-])cc1. The molecule has 2 rings (SSSR count). The van der Waals surface area contributed by atoms with Crippen molar-refractivity contribution in [2.45, 2.75) is 0 Å². The predicted molar refractivity (Wildman–Crippen MR) is 60.2 cm³/mol. The van der Waals surface area contributed by atoms with Crippen molar-refractivity contribution in [1.29, 1.82) is 0 Å². The molecular formula is C11H10N2O4. The molecule has 0 aromatic heterocycles. The monoisotopic (exact) mass is 234 g/mol. The number of hydrogen-bond donors (Lipinski definition) is 0. The van der Waals surface area contributed by atoms with Gasteiger partial charge in [0.1, 0.15) is 6.61 Å². The van der Waals surface area contributed by atoms with Gasteiger partial charge in [0.25, 0.3) is 5.69 Å². The first-order chi connectivity index (χ1) is 8.16. The summed E-state index contributed by atoms with van der Waals surface area (Å²) in [6.45, 7) is 0.922. The molecule has 0 aliphatic carbocycles. The molecule has 0 bridgehead atoms. The van der Waals surface area contributed by atoms with Crippen molar-refractivity contribution in [3.63, 3.8) is 0 Å². The largest absolute Gasteiger partial charge is 0.447 e. The molecule has 0 saturated carbocycles. The number of amides is 1. The third kappa shape index (κ3) is 2.60. The molecular weight excluding hydrogens is 224 g/mol. The molecule has 0 N–H and O–H groups in total. The Labute approximate surface area is 97.2 Å². The summed E-state index contributed by atoms with van der Waals surface area (Å²) in [6.07, 6.45) is 2.94. The molecule has 1 aliphatic rings. The van der Waals surface area contributed by atoms with Crippen LogP contribution in [-0.2, 0) is 4.74 Å². The summed E-state index contributed by atoms with van der Waals surface area (Å²) < 4.78 is 4.75. The third-order valence-electron chi connectivity index (χ3n) is 2.34. The van der Waals surface area contributed by atoms with Gasteiger partial charge in [0.2, 0.25) is 0 Å². The number of carbonyl (C=O) groups is 1. The van der Waals surface area contributed by atoms with Crippen molar-refractivity contribution < 1.29 is 14.5 Å². The maximum Gasteiger partial charge on any atom is 0.413 e. The van der Waals surface area contributed by atoms with E-state index in [2.05, 4.69) is 0 Å². The lowest BCUT2D eigenvalue weighted by molar-refractivity contribution is -0.384. The molecule has 0 spiro atoms. The normalized spacial score (nSPS) is 15.3. The number of ether oxygens (including phenoxy) is 1. The van der Waals surface area contributed by atoms with Crippen LogP contribution in [0.4, 0.5) is 10.5 Å². The summed E-state index contributed by atoms with van der Waals surface area (Å²) in [7, 11) is 0. The molecule has 88 valence electrons. The molecule has 1 heterocycles. The minimum absolute atomic E-state index is 0.0442. The van der Waals surface area contributed by atoms with Gasteiger partial charge in [-0.1, -0.05) is 0 Å². The molecule has 1 aromatic carbocycles. The molecule has 0 atom stereocenters. The predicted octanol–water partition coefficient (Wildman–Crippen LogP) is 2.02. The smallest absolute Gasteiger partial charge is 0.413 e. The van der Waals surface area contributed by atoms with Gasteiger partial charge in [-0.3, -0.25) is 15.0 Å². The van der Waals surface area contributed by atoms with Gasteiger partial charge < -0.3 is 4.74 Å². The van der Waals surface area contributed by atoms with Crippen molar-refractivity contribution in [2.24, 2.45) is 0 Å². The summed E-state index contributed by atoms with van der Waals surface area (Å²) in [4.78, 5) is 22.5. The van der Waals surface area contributed by atoms with E-state index in [1.807, 2.05) is 0 Å². The van der Waals surface area contributed by atoms with Crippen LogP contribution in [0.25, 0.3) is 6.08 Å². The Morgan fingerprint density at radius 3 is 2.59 bits per heavy atom. The number of benzene rings is 1. The van der Waals surface area contributed by atoms with Crippen LogP contribution in [0.15, 0.2) is 30.5 Å². The second-order valence-corrected chi connectivity index (χ2v) is 3.47. The molecule has 1 aliphatic heterocycles. The van der Waals surface area contributed by atoms with Crippen LogP contribution in [-0.4, -0.2) is 29.1 Å². The van der Waals surface area contributed by atoms with Gasteiger partial charge in [-0.15, -0.1) is 0 Å². The lowest BCUT2D eigenvalue weighted by Gasteiger charge is -2.04. The van der Waals surface area contributed by atoms with E-state index in [9.17, 15) is 14.9 Å². The second kappa shape index (κ2) is 4.65. The fourth-order valence-corrected chi connectivity index (χ4v) is 1.42. The van der Waals surface area contributed by atoms with Gasteiger partial charge in [-0.2, -0.15) is 0 Å². The number of rotatable bonds is 3. The third-order valence-corrected chi connectivity index (χ3v) is 2.34. The van der Waals surface area contributed by atoms with Crippen LogP contribution in [0.5, 0.6) is 0 Å². The quantitative estimate of drug-likeness (QED) is 0.592. The average molecular weight is 234 g/mol. The Morgan fingerprint density at radius 1 is 1.35 bits per heavy atom. The summed E-state index contributed by atoms with van der Waals surface area (Å²) in [6, 6.07) is 6.08. The molecule has 0 unspecified atom stereocenters. The van der Waals surface area contributed by atoms with Crippen LogP contribution in [0, 0.1) is 10.1 Å². The first-order valence-corrected chi connectivity index (χ1v) is 5.03. The van der Waals surface area contributed by atoms with Crippen LogP contribution < -0.4 is 0 Å². The lowest BCUT2D eigenvalue weighted by atomic mass is 10.2. The summed E-state index contributed by atoms with van der Waals surface area (Å²) >= 11 is 0. The van der Waals surface area contributed by atoms with E-state index in [-0.39, 0.29) is 11.8 Å². The zero-order valence-electron chi connectivity index (χ0n) is 8.91. The summed E-state index contributed by atoms with van der Waals surface area (Å²) in [5, 5.41) is 10.4. The Kier molecular flexibility index (Phi) is 3.04. The van der Waals surface area contributed by atoms with Crippen molar-refractivity contribution in [2.75, 3.05) is 13.2 Å². The standard InChI is InChI=1S/C11H10N2O4/c14-11-12(7-8-17-11)6-5-9-1-3-10(4-2-9)13(15)16/h1-6H,7-8H2/b6-5-. The Bertz CT molecular complexity index is 467. The number of non-ortho nitro benzene ring substituents is 1. The fraction of sp³-hybridized carbons (Fsp3) is 0.182. The Hall–Kier alpha value is -2.37. The summed E-state index contributed by atoms with van der Waals surface area (Å²) in [5.74, 6) is 0. The number of carbonyl (C=O) groups excluding carboxylic acids is 1. The minimum atomic E-state index is -0.453. The molecule has 1 saturated heterocycles. The maximum atomic E-state index is 11.1. The van der Waals surface area contributed by atoms with E-state index < -0.39 is 4.92 Å². The fourth-order valence-electron chi connectivity index (χ4n) is 1.42. The van der Waals surface area contributed by atoms with Gasteiger partial charge in [0, 0.05) is 18.3 Å². The van der Waals surface area contributed by atoms with Gasteiger partial charge >= 0.3 is 6.09 Å². The van der Waals surface area contributed by atoms with E-state index in [1.54, 1.807) is 24.4 Å². The number of cyclic esters (lactones) is 1. The van der Waals surface area contributed by atoms with Crippen molar-refractivity contribution in [3.05, 3.63) is 46.1 Å². The number of nitro benzene ring substituents is 1. The molecule has 1 aromatic rings. The van der Waals surface area contributed by atoms with E-state index in [4.69, 9.17) is 4.74 Å². The molecule has 6 nitrogen and oxygen atoms in total. The van der Waals surface area contributed by atoms with Crippen LogP contribution in [0.2, 0.25) is 0 Å². The van der Waals surface area contributed by atoms with Crippen molar-refractivity contribution in [3.8, 4) is 0 Å². The van der Waals surface area contributed by atoms with Gasteiger partial charge in [-0.25, -0.2) is 4.79 Å². The van der Waals surface area contributed by atoms with E-state index >= 15 is 0 Å². The number of hydrogen-bond acceptors (Lipinski definition) is 4. The topological polar surface area (TPSA) is 72.7 Å². The van der Waals surface area contributed by atoms with E-state index in [0.29, 0.717) is 13.2 Å². The van der Waals surface area contributed by atoms with Gasteiger partial charge in [0.15, 0.2) is 0 Å². The van der Waals surface area contributed by atoms with E-state index in [1.165, 1.54) is 17.0 Å². The number of nitro groups is 1. The Morgan fingerprint density at radius 2 is 2.06 bits per heavy atom. The highest BCUT2D eigenvalue weighted by atomic mass is 16.6. The van der Waals surface area contributed by atoms with Crippen molar-refractivity contribution >= 4 is 17.9 Å². The highest BCUT2D eigenvalue weighted by Gasteiger charge is 2.18. The lowest BCUT2D eigenvalue weighted by Crippen LogP contribution is -2.16. The molecule has 6 heteroatoms. The maximum absolute atomic E-state index is 11.1. The van der Waals surface area contributed by atoms with Crippen LogP contribution in [0.1, 0.15) is 5.56 Å². The van der Waals surface area contributed by atoms with Gasteiger partial charge in [-0.05, 0) is 23.8 Å². The zero-order chi connectivity index (χ0) is 12.3. The van der Waals surface area contributed by atoms with E-state index in [0.717, 1.165) is 5.56 Å². The Balaban J connectivity index is 2.06. The zero-order valence-corrected chi connectivity index (χ0v) is 8.91. The first-order valence-electron chi connectivity index (χ1n) is 5.03. The average Bonchev–Trinajstić information content (AvgIpc) is 2.73. The molecule has 17 heavy (non-hydrogen) atoms. The number of nitrogens with zero attached hydrogens (tertiary/aromatic N) is 2. The highest BCUT2D eigenvalue weighted by Crippen LogP contribution is 2.13. The molecule has 0 radical (unpaired) electrons. The highest BCUT2D eigenvalue weighted by molar-refractivity contribution is 5.72. The molecule has 1 amide bonds.